The number of epoxide rings is 1. The minimum Gasteiger partial charge on any atom is -0.393 e. The molecule has 1 aromatic rings. The maximum Gasteiger partial charge on any atom is 0.117 e. The number of hydrogen-bond donors (Lipinski definition) is 1. The van der Waals surface area contributed by atoms with Crippen LogP contribution >= 0.6 is 0 Å². The Hall–Kier alpha value is -0.900. The molecule has 0 spiro atoms. The number of aliphatic hydroxyl groups is 1. The topological polar surface area (TPSA) is 42.0 Å². The summed E-state index contributed by atoms with van der Waals surface area (Å²) in [6, 6.07) is 10.0. The van der Waals surface area contributed by atoms with Crippen molar-refractivity contribution in [2.24, 2.45) is 0 Å². The molecule has 1 aromatic carbocycles. The minimum absolute atomic E-state index is 0.0474. The molecular weight excluding hydrogens is 192 g/mol. The van der Waals surface area contributed by atoms with Crippen molar-refractivity contribution in [2.45, 2.75) is 25.2 Å². The largest absolute Gasteiger partial charge is 0.393 e. The van der Waals surface area contributed by atoms with E-state index in [4.69, 9.17) is 14.6 Å². The molecule has 1 N–H and O–H groups in total. The highest BCUT2D eigenvalue weighted by molar-refractivity contribution is 5.13. The highest BCUT2D eigenvalue weighted by Gasteiger charge is 2.51. The molecule has 1 saturated heterocycles. The summed E-state index contributed by atoms with van der Waals surface area (Å²) in [5, 5.41) is 8.97. The van der Waals surface area contributed by atoms with Gasteiger partial charge in [-0.1, -0.05) is 30.3 Å². The second-order valence-corrected chi connectivity index (χ2v) is 4.08. The molecule has 0 bridgehead atoms. The number of rotatable bonds is 5. The van der Waals surface area contributed by atoms with Crippen molar-refractivity contribution in [2.75, 3.05) is 13.2 Å². The van der Waals surface area contributed by atoms with E-state index in [-0.39, 0.29) is 18.3 Å². The lowest BCUT2D eigenvalue weighted by Gasteiger charge is -2.03. The number of ether oxygens (including phenoxy) is 2. The van der Waals surface area contributed by atoms with Crippen LogP contribution in [-0.2, 0) is 16.1 Å². The minimum atomic E-state index is -0.364. The van der Waals surface area contributed by atoms with Crippen LogP contribution in [0.2, 0.25) is 0 Å². The fraction of sp³-hybridized carbons (Fsp3) is 0.500. The molecule has 0 amide bonds. The average molecular weight is 208 g/mol. The fourth-order valence-corrected chi connectivity index (χ4v) is 1.50. The van der Waals surface area contributed by atoms with Crippen molar-refractivity contribution >= 4 is 0 Å². The van der Waals surface area contributed by atoms with Crippen LogP contribution in [-0.4, -0.2) is 30.0 Å². The van der Waals surface area contributed by atoms with Crippen LogP contribution in [0.3, 0.4) is 0 Å². The number of aliphatic hydroxyl groups excluding tert-OH is 1. The fourth-order valence-electron chi connectivity index (χ4n) is 1.50. The van der Waals surface area contributed by atoms with Gasteiger partial charge in [-0.05, 0) is 12.5 Å². The Labute approximate surface area is 89.6 Å². The van der Waals surface area contributed by atoms with Gasteiger partial charge in [0.2, 0.25) is 0 Å². The van der Waals surface area contributed by atoms with Gasteiger partial charge in [-0.25, -0.2) is 0 Å². The number of hydrogen-bond acceptors (Lipinski definition) is 3. The van der Waals surface area contributed by atoms with E-state index in [1.165, 1.54) is 0 Å². The predicted octanol–water partition coefficient (Wildman–Crippen LogP) is 1.35. The van der Waals surface area contributed by atoms with Gasteiger partial charge in [-0.15, -0.1) is 0 Å². The Morgan fingerprint density at radius 1 is 1.40 bits per heavy atom. The van der Waals surface area contributed by atoms with Crippen LogP contribution in [0.1, 0.15) is 12.5 Å². The first-order valence-corrected chi connectivity index (χ1v) is 5.15. The molecule has 15 heavy (non-hydrogen) atoms. The van der Waals surface area contributed by atoms with Gasteiger partial charge in [0.25, 0.3) is 0 Å². The maximum absolute atomic E-state index is 8.97. The van der Waals surface area contributed by atoms with E-state index >= 15 is 0 Å². The predicted molar refractivity (Wildman–Crippen MR) is 56.5 cm³/mol. The Balaban J connectivity index is 1.69. The van der Waals surface area contributed by atoms with Gasteiger partial charge in [-0.2, -0.15) is 0 Å². The van der Waals surface area contributed by atoms with Gasteiger partial charge in [0.15, 0.2) is 0 Å². The Morgan fingerprint density at radius 2 is 2.13 bits per heavy atom. The Bertz CT molecular complexity index is 312. The Morgan fingerprint density at radius 3 is 2.73 bits per heavy atom. The van der Waals surface area contributed by atoms with Gasteiger partial charge < -0.3 is 14.6 Å². The van der Waals surface area contributed by atoms with Crippen molar-refractivity contribution in [3.63, 3.8) is 0 Å². The first kappa shape index (κ1) is 10.6. The van der Waals surface area contributed by atoms with Crippen LogP contribution in [0.4, 0.5) is 0 Å². The molecule has 1 fully saturated rings. The van der Waals surface area contributed by atoms with E-state index < -0.39 is 0 Å². The summed E-state index contributed by atoms with van der Waals surface area (Å²) < 4.78 is 10.8. The van der Waals surface area contributed by atoms with Crippen LogP contribution in [0, 0.1) is 0 Å². The summed E-state index contributed by atoms with van der Waals surface area (Å²) >= 11 is 0. The van der Waals surface area contributed by atoms with Gasteiger partial charge >= 0.3 is 0 Å². The van der Waals surface area contributed by atoms with Gasteiger partial charge in [0, 0.05) is 0 Å². The second-order valence-electron chi connectivity index (χ2n) is 4.08. The van der Waals surface area contributed by atoms with Crippen LogP contribution < -0.4 is 0 Å². The van der Waals surface area contributed by atoms with E-state index in [9.17, 15) is 0 Å². The third-order valence-corrected chi connectivity index (χ3v) is 2.73. The van der Waals surface area contributed by atoms with Crippen molar-refractivity contribution < 1.29 is 14.6 Å². The summed E-state index contributed by atoms with van der Waals surface area (Å²) in [6.07, 6.45) is 0.0474. The molecule has 0 aliphatic carbocycles. The molecule has 1 heterocycles. The monoisotopic (exact) mass is 208 g/mol. The quantitative estimate of drug-likeness (QED) is 0.743. The van der Waals surface area contributed by atoms with Gasteiger partial charge in [0.1, 0.15) is 11.7 Å². The smallest absolute Gasteiger partial charge is 0.117 e. The zero-order valence-electron chi connectivity index (χ0n) is 8.85. The first-order valence-electron chi connectivity index (χ1n) is 5.15. The molecule has 0 aromatic heterocycles. The molecule has 3 nitrogen and oxygen atoms in total. The molecule has 0 saturated carbocycles. The van der Waals surface area contributed by atoms with E-state index in [2.05, 4.69) is 0 Å². The highest BCUT2D eigenvalue weighted by Crippen LogP contribution is 2.35. The van der Waals surface area contributed by atoms with E-state index in [0.717, 1.165) is 5.56 Å². The zero-order valence-corrected chi connectivity index (χ0v) is 8.85. The maximum atomic E-state index is 8.97. The molecule has 2 atom stereocenters. The summed E-state index contributed by atoms with van der Waals surface area (Å²) in [6.45, 7) is 3.10. The van der Waals surface area contributed by atoms with Crippen molar-refractivity contribution in [3.8, 4) is 0 Å². The summed E-state index contributed by atoms with van der Waals surface area (Å²) in [5.41, 5.74) is 0.792. The molecular formula is C12H16O3. The highest BCUT2D eigenvalue weighted by atomic mass is 16.6. The van der Waals surface area contributed by atoms with Gasteiger partial charge in [0.05, 0.1) is 19.8 Å². The van der Waals surface area contributed by atoms with E-state index in [1.54, 1.807) is 0 Å². The molecule has 2 rings (SSSR count). The molecule has 82 valence electrons. The standard InChI is InChI=1S/C12H16O3/c1-12(9-13)11(15-12)8-14-7-10-5-3-2-4-6-10/h2-6,11,13H,7-9H2,1H3. The summed E-state index contributed by atoms with van der Waals surface area (Å²) in [4.78, 5) is 0. The second kappa shape index (κ2) is 4.31. The number of benzene rings is 1. The molecule has 1 aliphatic rings. The summed E-state index contributed by atoms with van der Waals surface area (Å²) in [7, 11) is 0. The molecule has 2 unspecified atom stereocenters. The van der Waals surface area contributed by atoms with Crippen LogP contribution in [0.25, 0.3) is 0 Å². The zero-order chi connectivity index (χ0) is 10.7. The Kier molecular flexibility index (Phi) is 3.05. The molecule has 3 heteroatoms. The van der Waals surface area contributed by atoms with E-state index in [0.29, 0.717) is 13.2 Å². The molecule has 0 radical (unpaired) electrons. The normalized spacial score (nSPS) is 29.1. The average Bonchev–Trinajstić information content (AvgIpc) is 2.92. The van der Waals surface area contributed by atoms with Crippen molar-refractivity contribution in [3.05, 3.63) is 35.9 Å². The molecule has 1 aliphatic heterocycles. The SMILES string of the molecule is CC1(CO)OC1COCc1ccccc1. The van der Waals surface area contributed by atoms with Crippen molar-refractivity contribution in [1.82, 2.24) is 0 Å². The lowest BCUT2D eigenvalue weighted by molar-refractivity contribution is 0.104. The summed E-state index contributed by atoms with van der Waals surface area (Å²) in [5.74, 6) is 0. The van der Waals surface area contributed by atoms with E-state index in [1.807, 2.05) is 37.3 Å². The van der Waals surface area contributed by atoms with Gasteiger partial charge in [-0.3, -0.25) is 0 Å². The first-order chi connectivity index (χ1) is 7.24. The lowest BCUT2D eigenvalue weighted by atomic mass is 10.1. The third kappa shape index (κ3) is 2.56. The van der Waals surface area contributed by atoms with Crippen molar-refractivity contribution in [1.29, 1.82) is 0 Å². The van der Waals surface area contributed by atoms with Crippen LogP contribution in [0.5, 0.6) is 0 Å². The van der Waals surface area contributed by atoms with Crippen LogP contribution in [0.15, 0.2) is 30.3 Å². The third-order valence-electron chi connectivity index (χ3n) is 2.73. The lowest BCUT2D eigenvalue weighted by Crippen LogP contribution is -2.18.